The maximum absolute atomic E-state index is 12.3. The van der Waals surface area contributed by atoms with E-state index in [-0.39, 0.29) is 12.1 Å². The third-order valence-electron chi connectivity index (χ3n) is 4.03. The number of carbonyl (C=O) groups excluding carboxylic acids is 1. The van der Waals surface area contributed by atoms with Crippen LogP contribution in [-0.2, 0) is 0 Å². The van der Waals surface area contributed by atoms with Gasteiger partial charge in [0.15, 0.2) is 0 Å². The van der Waals surface area contributed by atoms with Crippen molar-refractivity contribution in [3.05, 3.63) is 47.7 Å². The Morgan fingerprint density at radius 3 is 2.91 bits per heavy atom. The number of amides is 2. The van der Waals surface area contributed by atoms with Gasteiger partial charge in [0.05, 0.1) is 6.54 Å². The second-order valence-electron chi connectivity index (χ2n) is 5.77. The zero-order chi connectivity index (χ0) is 16.2. The zero-order valence-corrected chi connectivity index (χ0v) is 13.3. The summed E-state index contributed by atoms with van der Waals surface area (Å²) in [6, 6.07) is 9.36. The van der Waals surface area contributed by atoms with Gasteiger partial charge in [-0.25, -0.2) is 4.79 Å². The van der Waals surface area contributed by atoms with Crippen LogP contribution in [0.1, 0.15) is 17.5 Å². The molecule has 1 atom stereocenters. The van der Waals surface area contributed by atoms with E-state index in [0.29, 0.717) is 19.0 Å². The topological polar surface area (TPSA) is 67.4 Å². The number of aromatic nitrogens is 2. The van der Waals surface area contributed by atoms with E-state index in [1.807, 2.05) is 25.1 Å². The lowest BCUT2D eigenvalue weighted by atomic mass is 10.1. The van der Waals surface area contributed by atoms with Crippen molar-refractivity contribution in [1.29, 1.82) is 0 Å². The van der Waals surface area contributed by atoms with Crippen molar-refractivity contribution in [2.75, 3.05) is 18.4 Å². The molecule has 6 heteroatoms. The van der Waals surface area contributed by atoms with Gasteiger partial charge in [-0.15, -0.1) is 5.10 Å². The first-order valence-corrected chi connectivity index (χ1v) is 7.69. The minimum absolute atomic E-state index is 0.0443. The molecule has 1 aromatic heterocycles. The lowest BCUT2D eigenvalue weighted by Gasteiger charge is -2.18. The Morgan fingerprint density at radius 1 is 1.30 bits per heavy atom. The number of anilines is 1. The van der Waals surface area contributed by atoms with Crippen LogP contribution in [0.3, 0.4) is 0 Å². The summed E-state index contributed by atoms with van der Waals surface area (Å²) in [7, 11) is 0. The highest BCUT2D eigenvalue weighted by molar-refractivity contribution is 5.89. The van der Waals surface area contributed by atoms with Gasteiger partial charge in [-0.05, 0) is 43.2 Å². The number of nitrogens with one attached hydrogen (secondary N) is 1. The fraction of sp³-hybridized carbons (Fsp3) is 0.353. The van der Waals surface area contributed by atoms with E-state index in [0.717, 1.165) is 17.7 Å². The van der Waals surface area contributed by atoms with Crippen LogP contribution in [0.5, 0.6) is 5.88 Å². The third kappa shape index (κ3) is 3.77. The Morgan fingerprint density at radius 2 is 2.17 bits per heavy atom. The molecule has 1 fully saturated rings. The predicted molar refractivity (Wildman–Crippen MR) is 87.6 cm³/mol. The number of benzene rings is 1. The minimum Gasteiger partial charge on any atom is -0.471 e. The Kier molecular flexibility index (Phi) is 4.41. The second-order valence-corrected chi connectivity index (χ2v) is 5.77. The first-order chi connectivity index (χ1) is 11.1. The average molecular weight is 312 g/mol. The van der Waals surface area contributed by atoms with E-state index >= 15 is 0 Å². The number of aryl methyl sites for hydroxylation is 2. The molecule has 1 aliphatic heterocycles. The Bertz CT molecular complexity index is 690. The third-order valence-corrected chi connectivity index (χ3v) is 4.03. The number of ether oxygens (including phenoxy) is 1. The van der Waals surface area contributed by atoms with Crippen LogP contribution in [0.2, 0.25) is 0 Å². The first-order valence-electron chi connectivity index (χ1n) is 7.69. The number of nitrogens with zero attached hydrogens (tertiary/aromatic N) is 3. The van der Waals surface area contributed by atoms with Crippen molar-refractivity contribution in [1.82, 2.24) is 15.1 Å². The quantitative estimate of drug-likeness (QED) is 0.946. The molecule has 2 amide bonds. The van der Waals surface area contributed by atoms with Gasteiger partial charge in [-0.3, -0.25) is 0 Å². The van der Waals surface area contributed by atoms with Gasteiger partial charge in [0.25, 0.3) is 0 Å². The molecule has 1 N–H and O–H groups in total. The van der Waals surface area contributed by atoms with Crippen LogP contribution in [0.25, 0.3) is 0 Å². The molecule has 1 saturated heterocycles. The maximum atomic E-state index is 12.3. The highest BCUT2D eigenvalue weighted by Crippen LogP contribution is 2.18. The van der Waals surface area contributed by atoms with E-state index in [2.05, 4.69) is 22.4 Å². The van der Waals surface area contributed by atoms with Crippen LogP contribution in [-0.4, -0.2) is 40.3 Å². The van der Waals surface area contributed by atoms with Gasteiger partial charge in [0.2, 0.25) is 5.88 Å². The molecule has 6 nitrogen and oxygen atoms in total. The van der Waals surface area contributed by atoms with Crippen molar-refractivity contribution >= 4 is 11.7 Å². The second kappa shape index (κ2) is 6.64. The van der Waals surface area contributed by atoms with Gasteiger partial charge in [-0.1, -0.05) is 6.07 Å². The Hall–Kier alpha value is -2.63. The fourth-order valence-corrected chi connectivity index (χ4v) is 2.55. The van der Waals surface area contributed by atoms with Gasteiger partial charge in [-0.2, -0.15) is 5.10 Å². The molecule has 0 bridgehead atoms. The van der Waals surface area contributed by atoms with Crippen LogP contribution in [0.4, 0.5) is 10.5 Å². The molecule has 3 rings (SSSR count). The number of carbonyl (C=O) groups is 1. The van der Waals surface area contributed by atoms with E-state index in [1.165, 1.54) is 5.56 Å². The van der Waals surface area contributed by atoms with Gasteiger partial charge in [0.1, 0.15) is 6.10 Å². The van der Waals surface area contributed by atoms with Crippen molar-refractivity contribution in [2.24, 2.45) is 0 Å². The molecule has 0 radical (unpaired) electrons. The normalized spacial score (nSPS) is 17.1. The molecule has 1 aliphatic rings. The summed E-state index contributed by atoms with van der Waals surface area (Å²) in [5.41, 5.74) is 3.19. The number of likely N-dealkylation sites (tertiary alicyclic amines) is 1. The number of hydrogen-bond donors (Lipinski definition) is 1. The summed E-state index contributed by atoms with van der Waals surface area (Å²) < 4.78 is 5.75. The molecule has 0 aliphatic carbocycles. The monoisotopic (exact) mass is 312 g/mol. The van der Waals surface area contributed by atoms with Gasteiger partial charge in [0, 0.05) is 30.9 Å². The molecular weight excluding hydrogens is 292 g/mol. The van der Waals surface area contributed by atoms with Crippen molar-refractivity contribution in [3.8, 4) is 5.88 Å². The highest BCUT2D eigenvalue weighted by Gasteiger charge is 2.28. The number of rotatable bonds is 3. The first kappa shape index (κ1) is 15.3. The minimum atomic E-state index is -0.0986. The summed E-state index contributed by atoms with van der Waals surface area (Å²) in [6.45, 7) is 5.30. The van der Waals surface area contributed by atoms with Crippen molar-refractivity contribution < 1.29 is 9.53 Å². The molecular formula is C17H20N4O2. The van der Waals surface area contributed by atoms with Gasteiger partial charge >= 0.3 is 6.03 Å². The van der Waals surface area contributed by atoms with E-state index in [4.69, 9.17) is 4.74 Å². The maximum Gasteiger partial charge on any atom is 0.321 e. The van der Waals surface area contributed by atoms with Crippen molar-refractivity contribution in [3.63, 3.8) is 0 Å². The molecule has 120 valence electrons. The summed E-state index contributed by atoms with van der Waals surface area (Å²) >= 11 is 0. The standard InChI is InChI=1S/C17H20N4O2/c1-12-5-6-14(10-13(12)2)19-17(22)21-9-7-15(11-21)23-16-4-3-8-18-20-16/h3-6,8,10,15H,7,9,11H2,1-2H3,(H,19,22). The summed E-state index contributed by atoms with van der Waals surface area (Å²) in [5.74, 6) is 0.494. The molecule has 2 aromatic rings. The summed E-state index contributed by atoms with van der Waals surface area (Å²) in [5, 5.41) is 10.6. The van der Waals surface area contributed by atoms with Crippen molar-refractivity contribution in [2.45, 2.75) is 26.4 Å². The van der Waals surface area contributed by atoms with Crippen LogP contribution in [0.15, 0.2) is 36.5 Å². The molecule has 1 unspecified atom stereocenters. The van der Waals surface area contributed by atoms with E-state index in [1.54, 1.807) is 23.2 Å². The van der Waals surface area contributed by atoms with Crippen LogP contribution in [0, 0.1) is 13.8 Å². The lowest BCUT2D eigenvalue weighted by molar-refractivity contribution is 0.188. The predicted octanol–water partition coefficient (Wildman–Crippen LogP) is 2.78. The zero-order valence-electron chi connectivity index (χ0n) is 13.3. The molecule has 0 saturated carbocycles. The fourth-order valence-electron chi connectivity index (χ4n) is 2.55. The Balaban J connectivity index is 1.56. The van der Waals surface area contributed by atoms with E-state index < -0.39 is 0 Å². The molecule has 0 spiro atoms. The smallest absolute Gasteiger partial charge is 0.321 e. The Labute approximate surface area is 135 Å². The SMILES string of the molecule is Cc1ccc(NC(=O)N2CCC(Oc3cccnn3)C2)cc1C. The molecule has 1 aromatic carbocycles. The molecule has 23 heavy (non-hydrogen) atoms. The number of urea groups is 1. The summed E-state index contributed by atoms with van der Waals surface area (Å²) in [4.78, 5) is 14.1. The largest absolute Gasteiger partial charge is 0.471 e. The number of hydrogen-bond acceptors (Lipinski definition) is 4. The average Bonchev–Trinajstić information content (AvgIpc) is 3.00. The molecule has 2 heterocycles. The van der Waals surface area contributed by atoms with Gasteiger partial charge < -0.3 is 15.0 Å². The summed E-state index contributed by atoms with van der Waals surface area (Å²) in [6.07, 6.45) is 2.35. The van der Waals surface area contributed by atoms with Crippen LogP contribution >= 0.6 is 0 Å². The van der Waals surface area contributed by atoms with Crippen LogP contribution < -0.4 is 10.1 Å². The highest BCUT2D eigenvalue weighted by atomic mass is 16.5. The lowest BCUT2D eigenvalue weighted by Crippen LogP contribution is -2.34. The van der Waals surface area contributed by atoms with E-state index in [9.17, 15) is 4.79 Å².